The second-order valence-corrected chi connectivity index (χ2v) is 11.5. The molecule has 0 bridgehead atoms. The van der Waals surface area contributed by atoms with Crippen LogP contribution in [-0.4, -0.2) is 8.80 Å². The minimum Gasteiger partial charge on any atom is -0.0623 e. The number of hydrogen-bond donors (Lipinski definition) is 0. The van der Waals surface area contributed by atoms with Crippen LogP contribution in [0.3, 0.4) is 0 Å². The molecule has 0 fully saturated rings. The summed E-state index contributed by atoms with van der Waals surface area (Å²) in [6, 6.07) is 16.2. The topological polar surface area (TPSA) is 0 Å². The van der Waals surface area contributed by atoms with Crippen LogP contribution in [-0.2, 0) is 5.41 Å². The summed E-state index contributed by atoms with van der Waals surface area (Å²) in [5.41, 5.74) is 4.62. The highest BCUT2D eigenvalue weighted by Crippen LogP contribution is 2.36. The first-order valence-electron chi connectivity index (χ1n) is 7.82. The predicted octanol–water partition coefficient (Wildman–Crippen LogP) is 4.37. The summed E-state index contributed by atoms with van der Waals surface area (Å²) >= 11 is 0. The first-order chi connectivity index (χ1) is 9.69. The molecule has 0 saturated heterocycles. The van der Waals surface area contributed by atoms with Crippen LogP contribution in [0, 0.1) is 0 Å². The largest absolute Gasteiger partial charge is 0.128 e. The lowest BCUT2D eigenvalue weighted by Gasteiger charge is -2.28. The summed E-state index contributed by atoms with van der Waals surface area (Å²) < 4.78 is 0. The maximum absolute atomic E-state index is 2.49. The van der Waals surface area contributed by atoms with Gasteiger partial charge in [0.15, 0.2) is 0 Å². The van der Waals surface area contributed by atoms with Gasteiger partial charge in [0.1, 0.15) is 8.80 Å². The molecule has 0 spiro atoms. The molecule has 109 valence electrons. The van der Waals surface area contributed by atoms with Crippen molar-refractivity contribution in [3.63, 3.8) is 0 Å². The van der Waals surface area contributed by atoms with Crippen molar-refractivity contribution in [1.82, 2.24) is 0 Å². The van der Waals surface area contributed by atoms with Gasteiger partial charge in [-0.15, -0.1) is 0 Å². The van der Waals surface area contributed by atoms with Gasteiger partial charge >= 0.3 is 0 Å². The summed E-state index contributed by atoms with van der Waals surface area (Å²) in [6.07, 6.45) is 0. The molecule has 0 N–H and O–H groups in total. The van der Waals surface area contributed by atoms with Gasteiger partial charge in [-0.05, 0) is 37.5 Å². The molecule has 2 aromatic carbocycles. The molecule has 0 aliphatic carbocycles. The van der Waals surface area contributed by atoms with Crippen molar-refractivity contribution in [3.8, 4) is 11.1 Å². The zero-order chi connectivity index (χ0) is 15.4. The Morgan fingerprint density at radius 2 is 1.33 bits per heavy atom. The second kappa shape index (κ2) is 4.57. The third-order valence-corrected chi connectivity index (χ3v) is 7.82. The van der Waals surface area contributed by atoms with E-state index < -0.39 is 8.80 Å². The number of benzene rings is 2. The summed E-state index contributed by atoms with van der Waals surface area (Å²) in [5.74, 6) is 0. The Morgan fingerprint density at radius 3 is 1.95 bits per heavy atom. The maximum Gasteiger partial charge on any atom is 0.128 e. The Balaban J connectivity index is 2.26. The fraction of sp³-hybridized carbons (Fsp3) is 0.400. The zero-order valence-electron chi connectivity index (χ0n) is 14.0. The Kier molecular flexibility index (Phi) is 3.18. The van der Waals surface area contributed by atoms with Crippen molar-refractivity contribution in [2.24, 2.45) is 0 Å². The van der Waals surface area contributed by atoms with Crippen LogP contribution in [0.15, 0.2) is 42.5 Å². The summed E-state index contributed by atoms with van der Waals surface area (Å²) in [4.78, 5) is 0. The lowest BCUT2D eigenvalue weighted by atomic mass is 9.86. The van der Waals surface area contributed by atoms with E-state index in [4.69, 9.17) is 0 Å². The quantitative estimate of drug-likeness (QED) is 0.633. The fourth-order valence-electron chi connectivity index (χ4n) is 3.34. The van der Waals surface area contributed by atoms with Crippen LogP contribution in [0.5, 0.6) is 0 Å². The molecule has 2 aromatic rings. The van der Waals surface area contributed by atoms with Crippen molar-refractivity contribution >= 4 is 19.2 Å². The Morgan fingerprint density at radius 1 is 0.714 bits per heavy atom. The average Bonchev–Trinajstić information content (AvgIpc) is 2.70. The minimum absolute atomic E-state index is 0.217. The van der Waals surface area contributed by atoms with Gasteiger partial charge in [-0.1, -0.05) is 84.0 Å². The third-order valence-electron chi connectivity index (χ3n) is 4.39. The molecule has 1 heterocycles. The molecular formula is C20H25Si. The van der Waals surface area contributed by atoms with E-state index in [-0.39, 0.29) is 5.41 Å². The van der Waals surface area contributed by atoms with Crippen molar-refractivity contribution in [3.05, 3.63) is 48.0 Å². The Hall–Kier alpha value is -1.34. The van der Waals surface area contributed by atoms with Crippen molar-refractivity contribution in [1.29, 1.82) is 0 Å². The molecule has 3 rings (SSSR count). The van der Waals surface area contributed by atoms with Gasteiger partial charge in [-0.25, -0.2) is 0 Å². The van der Waals surface area contributed by atoms with E-state index in [1.165, 1.54) is 16.7 Å². The van der Waals surface area contributed by atoms with Gasteiger partial charge in [0.25, 0.3) is 0 Å². The normalized spacial score (nSPS) is 15.0. The van der Waals surface area contributed by atoms with E-state index >= 15 is 0 Å². The number of hydrogen-bond acceptors (Lipinski definition) is 0. The standard InChI is InChI=1S/C20H25Si/c1-19(2,3)14-11-12-16-15-9-7-8-10-17(15)21(18(16)13-14)20(4,5)6/h7-13H,1-6H3. The van der Waals surface area contributed by atoms with E-state index in [1.807, 2.05) is 0 Å². The van der Waals surface area contributed by atoms with E-state index in [0.29, 0.717) is 5.04 Å². The third kappa shape index (κ3) is 2.38. The molecule has 1 heteroatoms. The van der Waals surface area contributed by atoms with Crippen LogP contribution >= 0.6 is 0 Å². The highest BCUT2D eigenvalue weighted by molar-refractivity contribution is 6.91. The van der Waals surface area contributed by atoms with Gasteiger partial charge in [0.2, 0.25) is 0 Å². The van der Waals surface area contributed by atoms with Crippen molar-refractivity contribution in [2.45, 2.75) is 52.0 Å². The van der Waals surface area contributed by atoms with E-state index in [0.717, 1.165) is 0 Å². The summed E-state index contributed by atoms with van der Waals surface area (Å²) in [7, 11) is -0.723. The average molecular weight is 294 g/mol. The summed E-state index contributed by atoms with van der Waals surface area (Å²) in [5, 5.41) is 3.54. The van der Waals surface area contributed by atoms with E-state index in [1.54, 1.807) is 10.4 Å². The number of fused-ring (bicyclic) bond motifs is 3. The molecule has 21 heavy (non-hydrogen) atoms. The van der Waals surface area contributed by atoms with E-state index in [9.17, 15) is 0 Å². The SMILES string of the molecule is CC(C)(C)c1ccc2c(c1)[Si](C(C)(C)C)c1ccccc1-2. The molecule has 1 aliphatic heterocycles. The highest BCUT2D eigenvalue weighted by Gasteiger charge is 2.38. The summed E-state index contributed by atoms with van der Waals surface area (Å²) in [6.45, 7) is 14.1. The Bertz CT molecular complexity index is 684. The first-order valence-corrected chi connectivity index (χ1v) is 9.32. The van der Waals surface area contributed by atoms with Crippen LogP contribution in [0.4, 0.5) is 0 Å². The molecule has 1 radical (unpaired) electrons. The van der Waals surface area contributed by atoms with Crippen molar-refractivity contribution in [2.75, 3.05) is 0 Å². The lowest BCUT2D eigenvalue weighted by Crippen LogP contribution is -2.45. The molecular weight excluding hydrogens is 268 g/mol. The van der Waals surface area contributed by atoms with Gasteiger partial charge in [0, 0.05) is 0 Å². The van der Waals surface area contributed by atoms with Crippen molar-refractivity contribution < 1.29 is 0 Å². The predicted molar refractivity (Wildman–Crippen MR) is 95.3 cm³/mol. The highest BCUT2D eigenvalue weighted by atomic mass is 28.3. The molecule has 0 nitrogen and oxygen atoms in total. The molecule has 0 atom stereocenters. The fourth-order valence-corrected chi connectivity index (χ4v) is 6.79. The molecule has 1 aliphatic rings. The number of rotatable bonds is 0. The molecule has 0 saturated carbocycles. The van der Waals surface area contributed by atoms with Gasteiger partial charge in [0.05, 0.1) is 0 Å². The van der Waals surface area contributed by atoms with Crippen LogP contribution in [0.1, 0.15) is 47.1 Å². The van der Waals surface area contributed by atoms with E-state index in [2.05, 4.69) is 84.0 Å². The monoisotopic (exact) mass is 293 g/mol. The molecule has 0 amide bonds. The molecule has 0 unspecified atom stereocenters. The van der Waals surface area contributed by atoms with Crippen LogP contribution in [0.2, 0.25) is 5.04 Å². The second-order valence-electron chi connectivity index (χ2n) is 8.18. The smallest absolute Gasteiger partial charge is 0.0623 e. The van der Waals surface area contributed by atoms with Gasteiger partial charge < -0.3 is 0 Å². The maximum atomic E-state index is 2.49. The van der Waals surface area contributed by atoms with Crippen LogP contribution < -0.4 is 10.4 Å². The lowest BCUT2D eigenvalue weighted by molar-refractivity contribution is 0.591. The van der Waals surface area contributed by atoms with Crippen LogP contribution in [0.25, 0.3) is 11.1 Å². The minimum atomic E-state index is -0.723. The Labute approximate surface area is 130 Å². The zero-order valence-corrected chi connectivity index (χ0v) is 15.0. The first kappa shape index (κ1) is 14.6. The molecule has 0 aromatic heterocycles. The van der Waals surface area contributed by atoms with Gasteiger partial charge in [-0.3, -0.25) is 0 Å². The van der Waals surface area contributed by atoms with Gasteiger partial charge in [-0.2, -0.15) is 0 Å².